The van der Waals surface area contributed by atoms with Crippen LogP contribution >= 0.6 is 28.1 Å². The minimum Gasteiger partial charge on any atom is -0.339 e. The molecule has 106 valence electrons. The Balaban J connectivity index is 2.16. The number of nitrogens with one attached hydrogen (secondary N) is 1. The van der Waals surface area contributed by atoms with Gasteiger partial charge in [-0.1, -0.05) is 28.1 Å². The van der Waals surface area contributed by atoms with Crippen molar-refractivity contribution in [3.63, 3.8) is 0 Å². The SMILES string of the molecule is Cc1cc(Br)ccc1-c1nc(=S)cc(-c2cnn(C)c2)[nH]1. The molecule has 3 rings (SSSR count). The van der Waals surface area contributed by atoms with Crippen molar-refractivity contribution in [2.75, 3.05) is 0 Å². The molecule has 21 heavy (non-hydrogen) atoms. The number of aryl methyl sites for hydroxylation is 2. The first-order chi connectivity index (χ1) is 10.0. The van der Waals surface area contributed by atoms with Gasteiger partial charge in [-0.15, -0.1) is 0 Å². The molecule has 0 bridgehead atoms. The highest BCUT2D eigenvalue weighted by atomic mass is 79.9. The minimum absolute atomic E-state index is 0.560. The largest absolute Gasteiger partial charge is 0.339 e. The van der Waals surface area contributed by atoms with Gasteiger partial charge in [-0.25, -0.2) is 4.98 Å². The van der Waals surface area contributed by atoms with Gasteiger partial charge in [0.1, 0.15) is 10.5 Å². The number of benzene rings is 1. The third-order valence-electron chi connectivity index (χ3n) is 3.20. The van der Waals surface area contributed by atoms with E-state index in [1.165, 1.54) is 0 Å². The number of hydrogen-bond donors (Lipinski definition) is 1. The van der Waals surface area contributed by atoms with E-state index in [2.05, 4.69) is 44.0 Å². The Labute approximate surface area is 136 Å². The number of hydrogen-bond acceptors (Lipinski definition) is 3. The van der Waals surface area contributed by atoms with E-state index >= 15 is 0 Å². The van der Waals surface area contributed by atoms with Crippen LogP contribution in [0.2, 0.25) is 0 Å². The molecule has 1 aromatic carbocycles. The third-order valence-corrected chi connectivity index (χ3v) is 3.90. The second-order valence-corrected chi connectivity index (χ2v) is 6.18. The Hall–Kier alpha value is -1.79. The highest BCUT2D eigenvalue weighted by molar-refractivity contribution is 9.10. The van der Waals surface area contributed by atoms with E-state index in [9.17, 15) is 0 Å². The van der Waals surface area contributed by atoms with Crippen molar-refractivity contribution in [3.8, 4) is 22.6 Å². The van der Waals surface area contributed by atoms with Crippen molar-refractivity contribution in [1.82, 2.24) is 19.7 Å². The molecule has 0 saturated carbocycles. The fourth-order valence-electron chi connectivity index (χ4n) is 2.19. The van der Waals surface area contributed by atoms with Crippen LogP contribution in [-0.2, 0) is 7.05 Å². The maximum absolute atomic E-state index is 5.30. The van der Waals surface area contributed by atoms with E-state index in [1.807, 2.05) is 31.4 Å². The van der Waals surface area contributed by atoms with E-state index in [0.717, 1.165) is 32.7 Å². The summed E-state index contributed by atoms with van der Waals surface area (Å²) >= 11 is 8.77. The fourth-order valence-corrected chi connectivity index (χ4v) is 2.88. The van der Waals surface area contributed by atoms with Crippen molar-refractivity contribution in [2.45, 2.75) is 6.92 Å². The van der Waals surface area contributed by atoms with E-state index < -0.39 is 0 Å². The standard InChI is InChI=1S/C15H13BrN4S/c1-9-5-11(16)3-4-12(9)15-18-13(6-14(21)19-15)10-7-17-20(2)8-10/h3-8H,1-2H3,(H,18,19,21). The first kappa shape index (κ1) is 14.2. The minimum atomic E-state index is 0.560. The third kappa shape index (κ3) is 2.96. The van der Waals surface area contributed by atoms with Crippen LogP contribution in [0.25, 0.3) is 22.6 Å². The number of halogens is 1. The molecule has 2 aromatic heterocycles. The number of aromatic nitrogens is 4. The zero-order valence-electron chi connectivity index (χ0n) is 11.6. The van der Waals surface area contributed by atoms with Crippen LogP contribution in [0.5, 0.6) is 0 Å². The van der Waals surface area contributed by atoms with Crippen LogP contribution in [0.1, 0.15) is 5.56 Å². The predicted octanol–water partition coefficient (Wildman–Crippen LogP) is 4.28. The molecule has 6 heteroatoms. The molecule has 0 amide bonds. The maximum Gasteiger partial charge on any atom is 0.139 e. The quantitative estimate of drug-likeness (QED) is 0.693. The van der Waals surface area contributed by atoms with Gasteiger partial charge in [0.25, 0.3) is 0 Å². The lowest BCUT2D eigenvalue weighted by atomic mass is 10.1. The molecule has 0 aliphatic carbocycles. The highest BCUT2D eigenvalue weighted by Gasteiger charge is 2.08. The molecule has 0 unspecified atom stereocenters. The van der Waals surface area contributed by atoms with Gasteiger partial charge in [-0.2, -0.15) is 5.10 Å². The second kappa shape index (κ2) is 5.54. The lowest BCUT2D eigenvalue weighted by molar-refractivity contribution is 0.768. The van der Waals surface area contributed by atoms with E-state index in [1.54, 1.807) is 10.9 Å². The number of nitrogens with zero attached hydrogens (tertiary/aromatic N) is 3. The molecule has 0 saturated heterocycles. The van der Waals surface area contributed by atoms with Gasteiger partial charge in [-0.3, -0.25) is 4.68 Å². The Morgan fingerprint density at radius 3 is 2.76 bits per heavy atom. The molecule has 0 radical (unpaired) electrons. The zero-order valence-corrected chi connectivity index (χ0v) is 14.0. The van der Waals surface area contributed by atoms with Crippen LogP contribution in [0, 0.1) is 11.6 Å². The van der Waals surface area contributed by atoms with Crippen molar-refractivity contribution < 1.29 is 0 Å². The van der Waals surface area contributed by atoms with Crippen molar-refractivity contribution in [3.05, 3.63) is 51.3 Å². The van der Waals surface area contributed by atoms with Crippen LogP contribution in [0.4, 0.5) is 0 Å². The average Bonchev–Trinajstić information content (AvgIpc) is 2.84. The Morgan fingerprint density at radius 2 is 2.10 bits per heavy atom. The molecule has 4 nitrogen and oxygen atoms in total. The molecule has 2 heterocycles. The summed E-state index contributed by atoms with van der Waals surface area (Å²) < 4.78 is 3.37. The van der Waals surface area contributed by atoms with Gasteiger partial charge in [0, 0.05) is 28.8 Å². The number of rotatable bonds is 2. The van der Waals surface area contributed by atoms with Gasteiger partial charge in [0.05, 0.1) is 11.9 Å². The van der Waals surface area contributed by atoms with Crippen LogP contribution in [0.3, 0.4) is 0 Å². The number of aromatic amines is 1. The van der Waals surface area contributed by atoms with Crippen molar-refractivity contribution in [2.24, 2.45) is 7.05 Å². The molecular formula is C15H13BrN4S. The van der Waals surface area contributed by atoms with Crippen LogP contribution in [-0.4, -0.2) is 19.7 Å². The van der Waals surface area contributed by atoms with Gasteiger partial charge >= 0.3 is 0 Å². The van der Waals surface area contributed by atoms with Crippen molar-refractivity contribution >= 4 is 28.1 Å². The summed E-state index contributed by atoms with van der Waals surface area (Å²) in [5.41, 5.74) is 4.07. The molecular weight excluding hydrogens is 348 g/mol. The second-order valence-electron chi connectivity index (χ2n) is 4.84. The summed E-state index contributed by atoms with van der Waals surface area (Å²) in [7, 11) is 1.89. The molecule has 3 aromatic rings. The summed E-state index contributed by atoms with van der Waals surface area (Å²) in [5.74, 6) is 0.770. The smallest absolute Gasteiger partial charge is 0.139 e. The lowest BCUT2D eigenvalue weighted by Gasteiger charge is -2.08. The summed E-state index contributed by atoms with van der Waals surface area (Å²) in [6, 6.07) is 7.94. The average molecular weight is 361 g/mol. The van der Waals surface area contributed by atoms with E-state index in [0.29, 0.717) is 4.64 Å². The maximum atomic E-state index is 5.30. The molecule has 0 fully saturated rings. The topological polar surface area (TPSA) is 46.5 Å². The summed E-state index contributed by atoms with van der Waals surface area (Å²) in [5, 5.41) is 4.19. The van der Waals surface area contributed by atoms with Crippen LogP contribution < -0.4 is 0 Å². The van der Waals surface area contributed by atoms with Crippen molar-refractivity contribution in [1.29, 1.82) is 0 Å². The van der Waals surface area contributed by atoms with Gasteiger partial charge in [0.2, 0.25) is 0 Å². The molecule has 0 spiro atoms. The summed E-state index contributed by atoms with van der Waals surface area (Å²) in [6.45, 7) is 2.05. The predicted molar refractivity (Wildman–Crippen MR) is 89.5 cm³/mol. The zero-order chi connectivity index (χ0) is 15.0. The van der Waals surface area contributed by atoms with Gasteiger partial charge in [0.15, 0.2) is 0 Å². The molecule has 0 aliphatic rings. The van der Waals surface area contributed by atoms with Crippen LogP contribution in [0.15, 0.2) is 41.1 Å². The van der Waals surface area contributed by atoms with Gasteiger partial charge in [-0.05, 0) is 36.8 Å². The molecule has 0 atom stereocenters. The normalized spacial score (nSPS) is 10.8. The summed E-state index contributed by atoms with van der Waals surface area (Å²) in [4.78, 5) is 7.79. The molecule has 1 N–H and O–H groups in total. The number of H-pyrrole nitrogens is 1. The van der Waals surface area contributed by atoms with E-state index in [-0.39, 0.29) is 0 Å². The molecule has 0 aliphatic heterocycles. The first-order valence-electron chi connectivity index (χ1n) is 6.40. The highest BCUT2D eigenvalue weighted by Crippen LogP contribution is 2.25. The summed E-state index contributed by atoms with van der Waals surface area (Å²) in [6.07, 6.45) is 3.75. The Bertz CT molecular complexity index is 866. The first-order valence-corrected chi connectivity index (χ1v) is 7.60. The Kier molecular flexibility index (Phi) is 3.73. The lowest BCUT2D eigenvalue weighted by Crippen LogP contribution is -1.94. The monoisotopic (exact) mass is 360 g/mol. The van der Waals surface area contributed by atoms with E-state index in [4.69, 9.17) is 12.2 Å². The Morgan fingerprint density at radius 1 is 1.29 bits per heavy atom. The fraction of sp³-hybridized carbons (Fsp3) is 0.133. The van der Waals surface area contributed by atoms with Gasteiger partial charge < -0.3 is 4.98 Å².